The summed E-state index contributed by atoms with van der Waals surface area (Å²) in [5, 5.41) is 14.8. The first-order valence-electron chi connectivity index (χ1n) is 15.5. The molecule has 0 aliphatic rings. The van der Waals surface area contributed by atoms with Crippen molar-refractivity contribution in [1.29, 1.82) is 0 Å². The number of nitro benzene ring substituents is 1. The maximum atomic E-state index is 14.7. The van der Waals surface area contributed by atoms with Gasteiger partial charge in [-0.2, -0.15) is 0 Å². The number of methoxy groups -OCH3 is 1. The standard InChI is InChI=1S/C36H38ClFN4O7S/c1-24-11-17-29(21-30(24)42(45)46)50(47,48)41(31-20-27(37)14-18-33(31)49-5)23-34(43)40(22-26-12-15-28(38)16-13-26)32(35(44)39-36(2,3)4)19-25-9-7-6-8-10-25/h6-18,20-21,32H,19,22-23H2,1-5H3,(H,39,44)/t32-/m0/s1. The highest BCUT2D eigenvalue weighted by Gasteiger charge is 2.37. The Labute approximate surface area is 295 Å². The first-order valence-corrected chi connectivity index (χ1v) is 17.3. The lowest BCUT2D eigenvalue weighted by Gasteiger charge is -2.35. The highest BCUT2D eigenvalue weighted by atomic mass is 35.5. The highest BCUT2D eigenvalue weighted by molar-refractivity contribution is 7.92. The summed E-state index contributed by atoms with van der Waals surface area (Å²) in [6.07, 6.45) is 0.0626. The Kier molecular flexibility index (Phi) is 11.9. The van der Waals surface area contributed by atoms with Crippen LogP contribution >= 0.6 is 11.6 Å². The average molecular weight is 725 g/mol. The van der Waals surface area contributed by atoms with Crippen molar-refractivity contribution in [3.8, 4) is 5.75 Å². The second kappa shape index (κ2) is 15.7. The molecule has 0 aliphatic heterocycles. The quantitative estimate of drug-likeness (QED) is 0.123. The Bertz CT molecular complexity index is 1970. The number of halogens is 2. The lowest BCUT2D eigenvalue weighted by atomic mass is 10.0. The van der Waals surface area contributed by atoms with Gasteiger partial charge in [0.15, 0.2) is 0 Å². The van der Waals surface area contributed by atoms with Gasteiger partial charge in [0, 0.05) is 35.2 Å². The molecule has 0 radical (unpaired) electrons. The molecular formula is C36H38ClFN4O7S. The van der Waals surface area contributed by atoms with Crippen LogP contribution in [0.25, 0.3) is 0 Å². The molecule has 11 nitrogen and oxygen atoms in total. The minimum atomic E-state index is -4.72. The number of anilines is 1. The van der Waals surface area contributed by atoms with E-state index in [1.807, 2.05) is 6.07 Å². The van der Waals surface area contributed by atoms with E-state index in [-0.39, 0.29) is 35.0 Å². The predicted octanol–water partition coefficient (Wildman–Crippen LogP) is 6.45. The molecule has 1 atom stereocenters. The highest BCUT2D eigenvalue weighted by Crippen LogP contribution is 2.36. The van der Waals surface area contributed by atoms with Gasteiger partial charge in [-0.15, -0.1) is 0 Å². The van der Waals surface area contributed by atoms with E-state index in [4.69, 9.17) is 16.3 Å². The normalized spacial score (nSPS) is 12.1. The van der Waals surface area contributed by atoms with Crippen molar-refractivity contribution in [2.75, 3.05) is 18.0 Å². The minimum Gasteiger partial charge on any atom is -0.495 e. The van der Waals surface area contributed by atoms with E-state index in [0.29, 0.717) is 5.56 Å². The lowest BCUT2D eigenvalue weighted by molar-refractivity contribution is -0.385. The number of aryl methyl sites for hydroxylation is 1. The van der Waals surface area contributed by atoms with E-state index in [1.165, 1.54) is 73.5 Å². The summed E-state index contributed by atoms with van der Waals surface area (Å²) >= 11 is 6.32. The molecule has 0 spiro atoms. The molecule has 0 aromatic heterocycles. The van der Waals surface area contributed by atoms with Crippen molar-refractivity contribution in [2.24, 2.45) is 0 Å². The maximum absolute atomic E-state index is 14.7. The van der Waals surface area contributed by atoms with Gasteiger partial charge in [-0.25, -0.2) is 12.8 Å². The van der Waals surface area contributed by atoms with Crippen LogP contribution in [-0.2, 0) is 32.6 Å². The Hall–Kier alpha value is -5.01. The number of benzene rings is 4. The van der Waals surface area contributed by atoms with Crippen LogP contribution in [0.5, 0.6) is 5.75 Å². The summed E-state index contributed by atoms with van der Waals surface area (Å²) in [6, 6.07) is 20.8. The van der Waals surface area contributed by atoms with E-state index < -0.39 is 61.3 Å². The number of hydrogen-bond donors (Lipinski definition) is 1. The summed E-state index contributed by atoms with van der Waals surface area (Å²) in [6.45, 7) is 5.78. The third-order valence-electron chi connectivity index (χ3n) is 7.69. The number of carbonyl (C=O) groups excluding carboxylic acids is 2. The molecule has 0 heterocycles. The largest absolute Gasteiger partial charge is 0.495 e. The van der Waals surface area contributed by atoms with Gasteiger partial charge in [0.1, 0.15) is 24.2 Å². The van der Waals surface area contributed by atoms with Crippen molar-refractivity contribution < 1.29 is 32.1 Å². The molecule has 0 fully saturated rings. The van der Waals surface area contributed by atoms with Gasteiger partial charge in [-0.05, 0) is 75.2 Å². The molecule has 0 unspecified atom stereocenters. The van der Waals surface area contributed by atoms with Crippen LogP contribution in [0, 0.1) is 22.9 Å². The van der Waals surface area contributed by atoms with E-state index >= 15 is 0 Å². The molecule has 0 aliphatic carbocycles. The second-order valence-electron chi connectivity index (χ2n) is 12.6. The minimum absolute atomic E-state index is 0.0452. The zero-order chi connectivity index (χ0) is 36.8. The fraction of sp³-hybridized carbons (Fsp3) is 0.278. The lowest BCUT2D eigenvalue weighted by Crippen LogP contribution is -2.56. The number of rotatable bonds is 13. The van der Waals surface area contributed by atoms with Gasteiger partial charge in [0.05, 0.1) is 22.6 Å². The topological polar surface area (TPSA) is 139 Å². The van der Waals surface area contributed by atoms with Gasteiger partial charge in [0.2, 0.25) is 11.8 Å². The fourth-order valence-corrected chi connectivity index (χ4v) is 6.84. The third-order valence-corrected chi connectivity index (χ3v) is 9.68. The molecule has 4 rings (SSSR count). The molecule has 0 saturated carbocycles. The van der Waals surface area contributed by atoms with Crippen molar-refractivity contribution in [3.05, 3.63) is 129 Å². The Morgan fingerprint density at radius 1 is 0.980 bits per heavy atom. The monoisotopic (exact) mass is 724 g/mol. The third kappa shape index (κ3) is 9.36. The van der Waals surface area contributed by atoms with Crippen LogP contribution in [0.3, 0.4) is 0 Å². The fourth-order valence-electron chi connectivity index (χ4n) is 5.24. The van der Waals surface area contributed by atoms with E-state index in [0.717, 1.165) is 15.9 Å². The van der Waals surface area contributed by atoms with Crippen LogP contribution < -0.4 is 14.4 Å². The van der Waals surface area contributed by atoms with Crippen LogP contribution in [0.15, 0.2) is 95.9 Å². The van der Waals surface area contributed by atoms with Crippen LogP contribution in [-0.4, -0.2) is 55.3 Å². The van der Waals surface area contributed by atoms with Crippen molar-refractivity contribution in [2.45, 2.75) is 57.1 Å². The predicted molar refractivity (Wildman–Crippen MR) is 189 cm³/mol. The maximum Gasteiger partial charge on any atom is 0.273 e. The molecule has 50 heavy (non-hydrogen) atoms. The van der Waals surface area contributed by atoms with Crippen LogP contribution in [0.1, 0.15) is 37.5 Å². The summed E-state index contributed by atoms with van der Waals surface area (Å²) in [5.41, 5.74) is 0.195. The smallest absolute Gasteiger partial charge is 0.273 e. The Morgan fingerprint density at radius 3 is 2.24 bits per heavy atom. The summed E-state index contributed by atoms with van der Waals surface area (Å²) < 4.78 is 49.0. The van der Waals surface area contributed by atoms with Gasteiger partial charge >= 0.3 is 0 Å². The second-order valence-corrected chi connectivity index (χ2v) is 14.9. The Balaban J connectivity index is 1.90. The number of ether oxygens (including phenoxy) is 1. The number of nitrogens with zero attached hydrogens (tertiary/aromatic N) is 3. The molecule has 2 amide bonds. The van der Waals surface area contributed by atoms with Gasteiger partial charge in [0.25, 0.3) is 15.7 Å². The number of nitro groups is 1. The molecular weight excluding hydrogens is 687 g/mol. The summed E-state index contributed by atoms with van der Waals surface area (Å²) in [5.74, 6) is -1.76. The molecule has 4 aromatic rings. The van der Waals surface area contributed by atoms with E-state index in [2.05, 4.69) is 5.32 Å². The Morgan fingerprint density at radius 2 is 1.64 bits per heavy atom. The molecule has 0 bridgehead atoms. The summed E-state index contributed by atoms with van der Waals surface area (Å²) in [4.78, 5) is 40.5. The number of carbonyl (C=O) groups is 2. The molecule has 14 heteroatoms. The molecule has 0 saturated heterocycles. The van der Waals surface area contributed by atoms with Crippen molar-refractivity contribution in [1.82, 2.24) is 10.2 Å². The van der Waals surface area contributed by atoms with Gasteiger partial charge < -0.3 is 15.0 Å². The zero-order valence-corrected chi connectivity index (χ0v) is 29.8. The van der Waals surface area contributed by atoms with Crippen molar-refractivity contribution >= 4 is 44.8 Å². The van der Waals surface area contributed by atoms with E-state index in [1.54, 1.807) is 45.0 Å². The van der Waals surface area contributed by atoms with Gasteiger partial charge in [-0.1, -0.05) is 60.1 Å². The zero-order valence-electron chi connectivity index (χ0n) is 28.2. The first-order chi connectivity index (χ1) is 23.5. The number of hydrogen-bond acceptors (Lipinski definition) is 7. The molecule has 264 valence electrons. The first kappa shape index (κ1) is 37.8. The van der Waals surface area contributed by atoms with Crippen molar-refractivity contribution in [3.63, 3.8) is 0 Å². The molecule has 4 aromatic carbocycles. The molecule has 1 N–H and O–H groups in total. The summed E-state index contributed by atoms with van der Waals surface area (Å²) in [7, 11) is -3.42. The van der Waals surface area contributed by atoms with Gasteiger partial charge in [-0.3, -0.25) is 24.0 Å². The number of amides is 2. The number of nitrogens with one attached hydrogen (secondary N) is 1. The SMILES string of the molecule is COc1ccc(Cl)cc1N(CC(=O)N(Cc1ccc(F)cc1)[C@@H](Cc1ccccc1)C(=O)NC(C)(C)C)S(=O)(=O)c1ccc(C)c([N+](=O)[O-])c1. The number of sulfonamides is 1. The average Bonchev–Trinajstić information content (AvgIpc) is 3.05. The van der Waals surface area contributed by atoms with E-state index in [9.17, 15) is 32.5 Å². The van der Waals surface area contributed by atoms with Crippen LogP contribution in [0.4, 0.5) is 15.8 Å². The van der Waals surface area contributed by atoms with Crippen LogP contribution in [0.2, 0.25) is 5.02 Å².